The van der Waals surface area contributed by atoms with Crippen molar-refractivity contribution in [2.45, 2.75) is 19.4 Å². The van der Waals surface area contributed by atoms with Crippen molar-refractivity contribution in [3.63, 3.8) is 0 Å². The van der Waals surface area contributed by atoms with Crippen LogP contribution in [-0.4, -0.2) is 22.0 Å². The van der Waals surface area contributed by atoms with Crippen molar-refractivity contribution in [2.75, 3.05) is 6.54 Å². The Morgan fingerprint density at radius 1 is 1.05 bits per heavy atom. The topological polar surface area (TPSA) is 46.9 Å². The highest BCUT2D eigenvalue weighted by atomic mass is 16.1. The third kappa shape index (κ3) is 3.52. The summed E-state index contributed by atoms with van der Waals surface area (Å²) in [6, 6.07) is 18.1. The summed E-state index contributed by atoms with van der Waals surface area (Å²) in [4.78, 5) is 16.3. The van der Waals surface area contributed by atoms with Gasteiger partial charge in [-0.1, -0.05) is 42.5 Å². The molecule has 4 nitrogen and oxygen atoms in total. The van der Waals surface area contributed by atoms with Gasteiger partial charge in [0.15, 0.2) is 0 Å². The molecule has 1 N–H and O–H groups in total. The van der Waals surface area contributed by atoms with Crippen molar-refractivity contribution >= 4 is 16.9 Å². The fourth-order valence-electron chi connectivity index (χ4n) is 2.51. The number of carbonyl (C=O) groups is 1. The van der Waals surface area contributed by atoms with Crippen molar-refractivity contribution in [3.05, 3.63) is 66.5 Å². The van der Waals surface area contributed by atoms with Crippen LogP contribution in [0, 0.1) is 0 Å². The molecule has 0 radical (unpaired) electrons. The molecule has 0 saturated heterocycles. The molecule has 1 heterocycles. The summed E-state index contributed by atoms with van der Waals surface area (Å²) in [6.07, 6.45) is 3.64. The maximum Gasteiger partial charge on any atom is 0.239 e. The van der Waals surface area contributed by atoms with E-state index in [0.29, 0.717) is 13.1 Å². The molecular formula is C18H19N3O. The number of carbonyl (C=O) groups excluding carboxylic acids is 1. The van der Waals surface area contributed by atoms with E-state index in [1.807, 2.05) is 47.0 Å². The zero-order chi connectivity index (χ0) is 15.2. The highest BCUT2D eigenvalue weighted by Crippen LogP contribution is 2.11. The molecule has 2 aromatic carbocycles. The number of benzene rings is 2. The first-order valence-electron chi connectivity index (χ1n) is 7.53. The summed E-state index contributed by atoms with van der Waals surface area (Å²) in [7, 11) is 0. The highest BCUT2D eigenvalue weighted by Gasteiger charge is 2.06. The second-order valence-corrected chi connectivity index (χ2v) is 5.30. The summed E-state index contributed by atoms with van der Waals surface area (Å²) in [5.74, 6) is 0.0243. The Bertz CT molecular complexity index is 749. The SMILES string of the molecule is O=C(Cn1cnc2ccccc21)NCCCc1ccccc1. The fourth-order valence-corrected chi connectivity index (χ4v) is 2.51. The van der Waals surface area contributed by atoms with Crippen LogP contribution >= 0.6 is 0 Å². The van der Waals surface area contributed by atoms with E-state index in [9.17, 15) is 4.79 Å². The van der Waals surface area contributed by atoms with Gasteiger partial charge in [-0.25, -0.2) is 4.98 Å². The average molecular weight is 293 g/mol. The number of aromatic nitrogens is 2. The molecule has 0 spiro atoms. The fraction of sp³-hybridized carbons (Fsp3) is 0.222. The smallest absolute Gasteiger partial charge is 0.239 e. The Kier molecular flexibility index (Phi) is 4.49. The number of para-hydroxylation sites is 2. The lowest BCUT2D eigenvalue weighted by molar-refractivity contribution is -0.121. The number of aryl methyl sites for hydroxylation is 1. The Morgan fingerprint density at radius 2 is 1.82 bits per heavy atom. The second-order valence-electron chi connectivity index (χ2n) is 5.30. The van der Waals surface area contributed by atoms with Crippen LogP contribution < -0.4 is 5.32 Å². The van der Waals surface area contributed by atoms with Gasteiger partial charge in [0, 0.05) is 6.54 Å². The molecule has 3 aromatic rings. The molecule has 0 aliphatic rings. The van der Waals surface area contributed by atoms with Gasteiger partial charge < -0.3 is 9.88 Å². The standard InChI is InChI=1S/C18H19N3O/c22-18(19-12-6-9-15-7-2-1-3-8-15)13-21-14-20-16-10-4-5-11-17(16)21/h1-5,7-8,10-11,14H,6,9,12-13H2,(H,19,22). The minimum atomic E-state index is 0.0243. The molecule has 22 heavy (non-hydrogen) atoms. The molecule has 0 atom stereocenters. The van der Waals surface area contributed by atoms with Gasteiger partial charge in [-0.05, 0) is 30.5 Å². The second kappa shape index (κ2) is 6.89. The van der Waals surface area contributed by atoms with Crippen LogP contribution in [0.5, 0.6) is 0 Å². The van der Waals surface area contributed by atoms with Gasteiger partial charge in [0.2, 0.25) is 5.91 Å². The van der Waals surface area contributed by atoms with Gasteiger partial charge >= 0.3 is 0 Å². The van der Waals surface area contributed by atoms with Gasteiger partial charge in [-0.2, -0.15) is 0 Å². The molecule has 0 aliphatic heterocycles. The van der Waals surface area contributed by atoms with E-state index in [-0.39, 0.29) is 5.91 Å². The van der Waals surface area contributed by atoms with Gasteiger partial charge in [-0.15, -0.1) is 0 Å². The van der Waals surface area contributed by atoms with Crippen LogP contribution in [0.4, 0.5) is 0 Å². The summed E-state index contributed by atoms with van der Waals surface area (Å²) < 4.78 is 1.88. The summed E-state index contributed by atoms with van der Waals surface area (Å²) in [5.41, 5.74) is 3.21. The minimum Gasteiger partial charge on any atom is -0.355 e. The zero-order valence-corrected chi connectivity index (χ0v) is 12.4. The molecule has 0 bridgehead atoms. The van der Waals surface area contributed by atoms with E-state index >= 15 is 0 Å². The van der Waals surface area contributed by atoms with Crippen LogP contribution in [0.25, 0.3) is 11.0 Å². The summed E-state index contributed by atoms with van der Waals surface area (Å²) in [5, 5.41) is 2.97. The van der Waals surface area contributed by atoms with Gasteiger partial charge in [-0.3, -0.25) is 4.79 Å². The number of fused-ring (bicyclic) bond motifs is 1. The Hall–Kier alpha value is -2.62. The Morgan fingerprint density at radius 3 is 2.68 bits per heavy atom. The average Bonchev–Trinajstić information content (AvgIpc) is 2.96. The molecule has 112 valence electrons. The van der Waals surface area contributed by atoms with Crippen LogP contribution in [0.2, 0.25) is 0 Å². The van der Waals surface area contributed by atoms with Crippen molar-refractivity contribution in [3.8, 4) is 0 Å². The first-order chi connectivity index (χ1) is 10.8. The summed E-state index contributed by atoms with van der Waals surface area (Å²) in [6.45, 7) is 1.01. The predicted octanol–water partition coefficient (Wildman–Crippen LogP) is 2.79. The normalized spacial score (nSPS) is 10.7. The van der Waals surface area contributed by atoms with E-state index in [1.54, 1.807) is 6.33 Å². The van der Waals surface area contributed by atoms with Gasteiger partial charge in [0.1, 0.15) is 6.54 Å². The lowest BCUT2D eigenvalue weighted by atomic mass is 10.1. The molecule has 1 aromatic heterocycles. The molecule has 0 fully saturated rings. The van der Waals surface area contributed by atoms with Gasteiger partial charge in [0.05, 0.1) is 17.4 Å². The summed E-state index contributed by atoms with van der Waals surface area (Å²) >= 11 is 0. The maximum absolute atomic E-state index is 12.0. The van der Waals surface area contributed by atoms with E-state index in [4.69, 9.17) is 0 Å². The Balaban J connectivity index is 1.47. The molecular weight excluding hydrogens is 274 g/mol. The van der Waals surface area contributed by atoms with E-state index in [2.05, 4.69) is 22.4 Å². The number of nitrogens with one attached hydrogen (secondary N) is 1. The van der Waals surface area contributed by atoms with Crippen molar-refractivity contribution in [2.24, 2.45) is 0 Å². The number of hydrogen-bond acceptors (Lipinski definition) is 2. The quantitative estimate of drug-likeness (QED) is 0.710. The monoisotopic (exact) mass is 293 g/mol. The zero-order valence-electron chi connectivity index (χ0n) is 12.4. The first kappa shape index (κ1) is 14.3. The number of nitrogens with zero attached hydrogens (tertiary/aromatic N) is 2. The lowest BCUT2D eigenvalue weighted by Crippen LogP contribution is -2.28. The lowest BCUT2D eigenvalue weighted by Gasteiger charge is -2.07. The Labute approximate surface area is 129 Å². The third-order valence-electron chi connectivity index (χ3n) is 3.65. The molecule has 0 saturated carbocycles. The minimum absolute atomic E-state index is 0.0243. The molecule has 4 heteroatoms. The van der Waals surface area contributed by atoms with Crippen molar-refractivity contribution in [1.82, 2.24) is 14.9 Å². The largest absolute Gasteiger partial charge is 0.355 e. The predicted molar refractivity (Wildman–Crippen MR) is 87.5 cm³/mol. The van der Waals surface area contributed by atoms with E-state index in [0.717, 1.165) is 23.9 Å². The maximum atomic E-state index is 12.0. The van der Waals surface area contributed by atoms with Crippen LogP contribution in [0.1, 0.15) is 12.0 Å². The molecule has 3 rings (SSSR count). The number of imidazole rings is 1. The molecule has 1 amide bonds. The van der Waals surface area contributed by atoms with Gasteiger partial charge in [0.25, 0.3) is 0 Å². The van der Waals surface area contributed by atoms with Crippen LogP contribution in [0.15, 0.2) is 60.9 Å². The molecule has 0 aliphatic carbocycles. The number of rotatable bonds is 6. The number of amides is 1. The third-order valence-corrected chi connectivity index (χ3v) is 3.65. The van der Waals surface area contributed by atoms with Crippen LogP contribution in [-0.2, 0) is 17.8 Å². The molecule has 0 unspecified atom stereocenters. The van der Waals surface area contributed by atoms with E-state index in [1.165, 1.54) is 5.56 Å². The first-order valence-corrected chi connectivity index (χ1v) is 7.53. The van der Waals surface area contributed by atoms with E-state index < -0.39 is 0 Å². The van der Waals surface area contributed by atoms with Crippen molar-refractivity contribution in [1.29, 1.82) is 0 Å². The number of hydrogen-bond donors (Lipinski definition) is 1. The van der Waals surface area contributed by atoms with Crippen molar-refractivity contribution < 1.29 is 4.79 Å². The highest BCUT2D eigenvalue weighted by molar-refractivity contribution is 5.80. The van der Waals surface area contributed by atoms with Crippen LogP contribution in [0.3, 0.4) is 0 Å².